The van der Waals surface area contributed by atoms with Gasteiger partial charge in [-0.05, 0) is 66.9 Å². The number of para-hydroxylation sites is 1. The van der Waals surface area contributed by atoms with Gasteiger partial charge in [-0.2, -0.15) is 0 Å². The van der Waals surface area contributed by atoms with Crippen molar-refractivity contribution in [3.63, 3.8) is 0 Å². The van der Waals surface area contributed by atoms with E-state index in [4.69, 9.17) is 14.2 Å². The molecule has 4 rings (SSSR count). The maximum Gasteiger partial charge on any atom is 0.332 e. The highest BCUT2D eigenvalue weighted by atomic mass is 16.5. The Morgan fingerprint density at radius 2 is 1.64 bits per heavy atom. The highest BCUT2D eigenvalue weighted by molar-refractivity contribution is 6.22. The van der Waals surface area contributed by atoms with Gasteiger partial charge in [0.1, 0.15) is 11.8 Å². The van der Waals surface area contributed by atoms with Crippen molar-refractivity contribution < 1.29 is 28.6 Å². The Hall–Kier alpha value is -4.53. The molecule has 4 amide bonds. The molecule has 1 N–H and O–H groups in total. The lowest BCUT2D eigenvalue weighted by molar-refractivity contribution is -0.124. The minimum Gasteiger partial charge on any atom is -0.494 e. The molecule has 0 bridgehead atoms. The quantitative estimate of drug-likeness (QED) is 0.334. The fourth-order valence-corrected chi connectivity index (χ4v) is 4.43. The second kappa shape index (κ2) is 12.8. The number of rotatable bonds is 12. The first kappa shape index (κ1) is 27.5. The molecular formula is C30H33N3O6. The van der Waals surface area contributed by atoms with Gasteiger partial charge in [0.05, 0.1) is 32.9 Å². The number of carbonyl (C=O) groups excluding carboxylic acids is 3. The molecule has 1 aliphatic rings. The maximum absolute atomic E-state index is 13.5. The lowest BCUT2D eigenvalue weighted by atomic mass is 10.1. The van der Waals surface area contributed by atoms with E-state index in [2.05, 4.69) is 5.32 Å². The van der Waals surface area contributed by atoms with E-state index in [0.717, 1.165) is 16.9 Å². The van der Waals surface area contributed by atoms with Crippen LogP contribution >= 0.6 is 0 Å². The average Bonchev–Trinajstić information content (AvgIpc) is 3.19. The molecule has 3 aromatic carbocycles. The molecule has 9 nitrogen and oxygen atoms in total. The van der Waals surface area contributed by atoms with Crippen LogP contribution in [-0.4, -0.2) is 56.2 Å². The predicted octanol–water partition coefficient (Wildman–Crippen LogP) is 4.90. The van der Waals surface area contributed by atoms with Crippen molar-refractivity contribution in [2.45, 2.75) is 32.2 Å². The van der Waals surface area contributed by atoms with Gasteiger partial charge in [0.25, 0.3) is 5.91 Å². The highest BCUT2D eigenvalue weighted by Gasteiger charge is 2.46. The van der Waals surface area contributed by atoms with Crippen LogP contribution in [0, 0.1) is 0 Å². The summed E-state index contributed by atoms with van der Waals surface area (Å²) in [4.78, 5) is 42.6. The lowest BCUT2D eigenvalue weighted by Crippen LogP contribution is -2.39. The van der Waals surface area contributed by atoms with Crippen molar-refractivity contribution in [1.29, 1.82) is 0 Å². The van der Waals surface area contributed by atoms with Gasteiger partial charge < -0.3 is 24.4 Å². The van der Waals surface area contributed by atoms with Crippen LogP contribution in [0.5, 0.6) is 17.2 Å². The number of hydrogen-bond donors (Lipinski definition) is 1. The van der Waals surface area contributed by atoms with E-state index in [1.807, 2.05) is 25.1 Å². The number of anilines is 2. The lowest BCUT2D eigenvalue weighted by Gasteiger charge is -2.22. The summed E-state index contributed by atoms with van der Waals surface area (Å²) in [6, 6.07) is 19.9. The number of carbonyl (C=O) groups is 3. The minimum absolute atomic E-state index is 0.173. The van der Waals surface area contributed by atoms with Crippen LogP contribution in [0.15, 0.2) is 72.8 Å². The number of methoxy groups -OCH3 is 2. The number of nitrogens with one attached hydrogen (secondary N) is 1. The zero-order valence-corrected chi connectivity index (χ0v) is 22.4. The van der Waals surface area contributed by atoms with Crippen LogP contribution in [0.3, 0.4) is 0 Å². The van der Waals surface area contributed by atoms with Gasteiger partial charge in [-0.25, -0.2) is 9.69 Å². The van der Waals surface area contributed by atoms with E-state index in [9.17, 15) is 14.4 Å². The summed E-state index contributed by atoms with van der Waals surface area (Å²) in [5, 5.41) is 2.83. The molecule has 0 aliphatic carbocycles. The second-order valence-corrected chi connectivity index (χ2v) is 9.07. The first-order valence-corrected chi connectivity index (χ1v) is 12.9. The smallest absolute Gasteiger partial charge is 0.332 e. The molecule has 39 heavy (non-hydrogen) atoms. The van der Waals surface area contributed by atoms with Gasteiger partial charge in [0.2, 0.25) is 5.91 Å². The minimum atomic E-state index is -0.940. The van der Waals surface area contributed by atoms with Crippen molar-refractivity contribution >= 4 is 29.2 Å². The Kier molecular flexibility index (Phi) is 9.04. The molecule has 1 heterocycles. The molecule has 0 saturated carbocycles. The number of amides is 4. The van der Waals surface area contributed by atoms with Crippen LogP contribution in [0.1, 0.15) is 25.3 Å². The summed E-state index contributed by atoms with van der Waals surface area (Å²) in [6.07, 6.45) is 1.18. The first-order chi connectivity index (χ1) is 18.9. The third-order valence-electron chi connectivity index (χ3n) is 6.41. The van der Waals surface area contributed by atoms with Gasteiger partial charge in [-0.1, -0.05) is 31.2 Å². The Balaban J connectivity index is 1.50. The third-order valence-corrected chi connectivity index (χ3v) is 6.41. The number of imide groups is 1. The molecule has 1 fully saturated rings. The third kappa shape index (κ3) is 6.49. The number of hydrogen-bond acceptors (Lipinski definition) is 6. The molecule has 1 aliphatic heterocycles. The zero-order chi connectivity index (χ0) is 27.8. The molecule has 0 radical (unpaired) electrons. The zero-order valence-electron chi connectivity index (χ0n) is 22.4. The summed E-state index contributed by atoms with van der Waals surface area (Å²) >= 11 is 0. The van der Waals surface area contributed by atoms with E-state index >= 15 is 0 Å². The summed E-state index contributed by atoms with van der Waals surface area (Å²) in [5.41, 5.74) is 1.95. The summed E-state index contributed by atoms with van der Waals surface area (Å²) in [7, 11) is 3.12. The molecular weight excluding hydrogens is 498 g/mol. The van der Waals surface area contributed by atoms with Crippen LogP contribution in [0.25, 0.3) is 0 Å². The van der Waals surface area contributed by atoms with Gasteiger partial charge in [0.15, 0.2) is 11.5 Å². The van der Waals surface area contributed by atoms with Crippen LogP contribution in [-0.2, 0) is 16.0 Å². The van der Waals surface area contributed by atoms with Crippen molar-refractivity contribution in [2.24, 2.45) is 0 Å². The van der Waals surface area contributed by atoms with Gasteiger partial charge >= 0.3 is 6.03 Å². The molecule has 0 spiro atoms. The van der Waals surface area contributed by atoms with E-state index in [-0.39, 0.29) is 18.9 Å². The van der Waals surface area contributed by atoms with Gasteiger partial charge in [-0.3, -0.25) is 9.59 Å². The van der Waals surface area contributed by atoms with Gasteiger partial charge in [-0.15, -0.1) is 0 Å². The fraction of sp³-hybridized carbons (Fsp3) is 0.300. The number of urea groups is 1. The number of nitrogens with zero attached hydrogens (tertiary/aromatic N) is 2. The topological polar surface area (TPSA) is 97.4 Å². The normalized spacial score (nSPS) is 14.9. The Morgan fingerprint density at radius 1 is 0.923 bits per heavy atom. The Labute approximate surface area is 228 Å². The molecule has 9 heteroatoms. The summed E-state index contributed by atoms with van der Waals surface area (Å²) < 4.78 is 16.3. The van der Waals surface area contributed by atoms with Crippen molar-refractivity contribution in [1.82, 2.24) is 4.90 Å². The van der Waals surface area contributed by atoms with Crippen LogP contribution in [0.4, 0.5) is 16.2 Å². The summed E-state index contributed by atoms with van der Waals surface area (Å²) in [5.74, 6) is 1.09. The van der Waals surface area contributed by atoms with Crippen molar-refractivity contribution in [3.05, 3.63) is 78.4 Å². The SMILES string of the molecule is CCCOc1ccc(NC(=O)C[C@H]2C(=O)N(c3ccccc3)C(=O)N2CCc2ccc(OC)c(OC)c2)cc1. The van der Waals surface area contributed by atoms with Crippen molar-refractivity contribution in [3.8, 4) is 17.2 Å². The Morgan fingerprint density at radius 3 is 2.31 bits per heavy atom. The fourth-order valence-electron chi connectivity index (χ4n) is 4.43. The predicted molar refractivity (Wildman–Crippen MR) is 149 cm³/mol. The second-order valence-electron chi connectivity index (χ2n) is 9.07. The highest BCUT2D eigenvalue weighted by Crippen LogP contribution is 2.30. The average molecular weight is 532 g/mol. The Bertz CT molecular complexity index is 1300. The molecule has 204 valence electrons. The number of ether oxygens (including phenoxy) is 3. The molecule has 0 unspecified atom stereocenters. The van der Waals surface area contributed by atoms with Gasteiger partial charge in [0, 0.05) is 12.2 Å². The number of benzene rings is 3. The molecule has 1 saturated heterocycles. The maximum atomic E-state index is 13.5. The van der Waals surface area contributed by atoms with E-state index in [1.165, 1.54) is 4.90 Å². The standard InChI is InChI=1S/C30H33N3O6/c1-4-18-39-24-13-11-22(12-14-24)31-28(34)20-25-29(35)33(23-8-6-5-7-9-23)30(36)32(25)17-16-21-10-15-26(37-2)27(19-21)38-3/h5-15,19,25H,4,16-18,20H2,1-3H3,(H,31,34)/t25-/m0/s1. The molecule has 0 aromatic heterocycles. The molecule has 3 aromatic rings. The largest absolute Gasteiger partial charge is 0.494 e. The summed E-state index contributed by atoms with van der Waals surface area (Å²) in [6.45, 7) is 2.88. The molecule has 1 atom stereocenters. The van der Waals surface area contributed by atoms with Crippen LogP contribution in [0.2, 0.25) is 0 Å². The van der Waals surface area contributed by atoms with Crippen LogP contribution < -0.4 is 24.4 Å². The van der Waals surface area contributed by atoms with E-state index < -0.39 is 18.0 Å². The monoisotopic (exact) mass is 531 g/mol. The van der Waals surface area contributed by atoms with E-state index in [1.54, 1.807) is 68.8 Å². The first-order valence-electron chi connectivity index (χ1n) is 12.9. The van der Waals surface area contributed by atoms with Crippen molar-refractivity contribution in [2.75, 3.05) is 37.6 Å². The van der Waals surface area contributed by atoms with E-state index in [0.29, 0.717) is 41.7 Å².